The second-order valence-electron chi connectivity index (χ2n) is 3.99. The number of nitrogens with zero attached hydrogens (tertiary/aromatic N) is 1. The van der Waals surface area contributed by atoms with Gasteiger partial charge in [0.1, 0.15) is 17.1 Å². The van der Waals surface area contributed by atoms with Gasteiger partial charge < -0.3 is 14.6 Å². The van der Waals surface area contributed by atoms with Crippen LogP contribution in [0.2, 0.25) is 0 Å². The minimum Gasteiger partial charge on any atom is -0.490 e. The van der Waals surface area contributed by atoms with Gasteiger partial charge in [0.05, 0.1) is 18.1 Å². The molecule has 1 N–H and O–H groups in total. The second kappa shape index (κ2) is 5.91. The monoisotopic (exact) mass is 289 g/mol. The molecular formula is C14H11NO6. The zero-order valence-corrected chi connectivity index (χ0v) is 11.0. The highest BCUT2D eigenvalue weighted by molar-refractivity contribution is 5.90. The molecule has 0 saturated carbocycles. The predicted molar refractivity (Wildman–Crippen MR) is 73.1 cm³/mol. The van der Waals surface area contributed by atoms with Crippen LogP contribution in [0.1, 0.15) is 10.4 Å². The van der Waals surface area contributed by atoms with Crippen LogP contribution in [0.15, 0.2) is 42.5 Å². The molecule has 0 amide bonds. The van der Waals surface area contributed by atoms with E-state index in [1.54, 1.807) is 12.1 Å². The van der Waals surface area contributed by atoms with E-state index < -0.39 is 10.9 Å². The van der Waals surface area contributed by atoms with Crippen molar-refractivity contribution < 1.29 is 24.3 Å². The molecule has 108 valence electrons. The zero-order valence-electron chi connectivity index (χ0n) is 11.0. The Morgan fingerprint density at radius 1 is 1.19 bits per heavy atom. The van der Waals surface area contributed by atoms with Gasteiger partial charge in [0.2, 0.25) is 0 Å². The van der Waals surface area contributed by atoms with Crippen LogP contribution < -0.4 is 9.47 Å². The Morgan fingerprint density at radius 3 is 2.52 bits per heavy atom. The number of rotatable bonds is 5. The van der Waals surface area contributed by atoms with Crippen LogP contribution in [0.25, 0.3) is 0 Å². The first-order chi connectivity index (χ1) is 10.0. The van der Waals surface area contributed by atoms with Gasteiger partial charge >= 0.3 is 11.7 Å². The molecule has 21 heavy (non-hydrogen) atoms. The van der Waals surface area contributed by atoms with Crippen molar-refractivity contribution in [3.63, 3.8) is 0 Å². The maximum absolute atomic E-state index is 11.1. The van der Waals surface area contributed by atoms with E-state index in [-0.39, 0.29) is 28.5 Å². The summed E-state index contributed by atoms with van der Waals surface area (Å²) in [6, 6.07) is 10.1. The van der Waals surface area contributed by atoms with E-state index in [9.17, 15) is 14.9 Å². The third-order valence-electron chi connectivity index (χ3n) is 2.69. The summed E-state index contributed by atoms with van der Waals surface area (Å²) >= 11 is 0. The van der Waals surface area contributed by atoms with E-state index in [2.05, 4.69) is 0 Å². The van der Waals surface area contributed by atoms with Crippen molar-refractivity contribution in [3.8, 4) is 17.2 Å². The normalized spacial score (nSPS) is 9.95. The molecule has 7 heteroatoms. The maximum Gasteiger partial charge on any atom is 0.339 e. The van der Waals surface area contributed by atoms with Gasteiger partial charge in [0.15, 0.2) is 5.75 Å². The molecule has 0 aliphatic rings. The maximum atomic E-state index is 11.1. The van der Waals surface area contributed by atoms with E-state index in [4.69, 9.17) is 14.6 Å². The molecule has 0 atom stereocenters. The summed E-state index contributed by atoms with van der Waals surface area (Å²) < 4.78 is 10.3. The molecule has 7 nitrogen and oxygen atoms in total. The summed E-state index contributed by atoms with van der Waals surface area (Å²) in [7, 11) is 1.32. The third-order valence-corrected chi connectivity index (χ3v) is 2.69. The van der Waals surface area contributed by atoms with Crippen LogP contribution in [-0.4, -0.2) is 23.1 Å². The quantitative estimate of drug-likeness (QED) is 0.670. The number of nitro groups is 1. The fourth-order valence-corrected chi connectivity index (χ4v) is 1.74. The van der Waals surface area contributed by atoms with Gasteiger partial charge in [-0.25, -0.2) is 4.79 Å². The summed E-state index contributed by atoms with van der Waals surface area (Å²) in [5.74, 6) is -0.798. The largest absolute Gasteiger partial charge is 0.490 e. The molecule has 0 heterocycles. The lowest BCUT2D eigenvalue weighted by atomic mass is 10.2. The van der Waals surface area contributed by atoms with Crippen LogP contribution in [0.4, 0.5) is 5.69 Å². The highest BCUT2D eigenvalue weighted by Gasteiger charge is 2.17. The summed E-state index contributed by atoms with van der Waals surface area (Å²) in [6.07, 6.45) is 0. The minimum absolute atomic E-state index is 0.0315. The fraction of sp³-hybridized carbons (Fsp3) is 0.0714. The molecule has 0 fully saturated rings. The number of aromatic carboxylic acids is 1. The van der Waals surface area contributed by atoms with Gasteiger partial charge in [-0.15, -0.1) is 0 Å². The van der Waals surface area contributed by atoms with Crippen molar-refractivity contribution in [2.45, 2.75) is 0 Å². The summed E-state index contributed by atoms with van der Waals surface area (Å²) in [5.41, 5.74) is -0.293. The fourth-order valence-electron chi connectivity index (χ4n) is 1.74. The highest BCUT2D eigenvalue weighted by Crippen LogP contribution is 2.33. The molecule has 0 unspecified atom stereocenters. The number of carbonyl (C=O) groups is 1. The molecule has 2 rings (SSSR count). The topological polar surface area (TPSA) is 98.9 Å². The molecule has 0 saturated heterocycles. The summed E-state index contributed by atoms with van der Waals surface area (Å²) in [5, 5.41) is 20.0. The first-order valence-corrected chi connectivity index (χ1v) is 5.85. The van der Waals surface area contributed by atoms with Crippen LogP contribution >= 0.6 is 0 Å². The highest BCUT2D eigenvalue weighted by atomic mass is 16.6. The average Bonchev–Trinajstić information content (AvgIpc) is 2.47. The van der Waals surface area contributed by atoms with E-state index in [1.165, 1.54) is 37.4 Å². The zero-order chi connectivity index (χ0) is 15.4. The van der Waals surface area contributed by atoms with Crippen molar-refractivity contribution in [1.82, 2.24) is 0 Å². The minimum atomic E-state index is -1.14. The number of para-hydroxylation sites is 1. The number of ether oxygens (including phenoxy) is 2. The van der Waals surface area contributed by atoms with Crippen molar-refractivity contribution >= 4 is 11.7 Å². The average molecular weight is 289 g/mol. The third kappa shape index (κ3) is 3.08. The van der Waals surface area contributed by atoms with Gasteiger partial charge in [-0.05, 0) is 24.3 Å². The van der Waals surface area contributed by atoms with Crippen LogP contribution in [0.3, 0.4) is 0 Å². The lowest BCUT2D eigenvalue weighted by Gasteiger charge is -2.09. The van der Waals surface area contributed by atoms with Crippen LogP contribution in [0, 0.1) is 10.1 Å². The Bertz CT molecular complexity index is 698. The Hall–Kier alpha value is -3.09. The predicted octanol–water partition coefficient (Wildman–Crippen LogP) is 3.09. The molecule has 0 bridgehead atoms. The van der Waals surface area contributed by atoms with Gasteiger partial charge in [-0.2, -0.15) is 0 Å². The molecule has 0 aromatic heterocycles. The number of hydrogen-bond acceptors (Lipinski definition) is 5. The Morgan fingerprint density at radius 2 is 1.90 bits per heavy atom. The van der Waals surface area contributed by atoms with Crippen molar-refractivity contribution in [3.05, 3.63) is 58.1 Å². The van der Waals surface area contributed by atoms with Gasteiger partial charge in [0, 0.05) is 0 Å². The van der Waals surface area contributed by atoms with Crippen LogP contribution in [0.5, 0.6) is 17.2 Å². The number of methoxy groups -OCH3 is 1. The second-order valence-corrected chi connectivity index (χ2v) is 3.99. The Labute approximate surface area is 119 Å². The molecule has 0 radical (unpaired) electrons. The molecule has 0 aliphatic heterocycles. The van der Waals surface area contributed by atoms with Crippen molar-refractivity contribution in [2.24, 2.45) is 0 Å². The van der Waals surface area contributed by atoms with E-state index in [0.717, 1.165) is 0 Å². The molecule has 0 spiro atoms. The van der Waals surface area contributed by atoms with Crippen molar-refractivity contribution in [1.29, 1.82) is 0 Å². The lowest BCUT2D eigenvalue weighted by molar-refractivity contribution is -0.385. The first kappa shape index (κ1) is 14.3. The van der Waals surface area contributed by atoms with E-state index >= 15 is 0 Å². The van der Waals surface area contributed by atoms with Gasteiger partial charge in [0.25, 0.3) is 0 Å². The molecule has 0 aliphatic carbocycles. The Kier molecular flexibility index (Phi) is 4.03. The molecule has 2 aromatic carbocycles. The summed E-state index contributed by atoms with van der Waals surface area (Å²) in [4.78, 5) is 21.4. The van der Waals surface area contributed by atoms with E-state index in [1.807, 2.05) is 0 Å². The number of carboxylic acids is 1. The molecular weight excluding hydrogens is 278 g/mol. The van der Waals surface area contributed by atoms with E-state index in [0.29, 0.717) is 0 Å². The lowest BCUT2D eigenvalue weighted by Crippen LogP contribution is -2.00. The number of hydrogen-bond donors (Lipinski definition) is 1. The number of carboxylic acid groups (broad SMARTS) is 1. The molecule has 2 aromatic rings. The number of nitro benzene ring substituents is 1. The summed E-state index contributed by atoms with van der Waals surface area (Å²) in [6.45, 7) is 0. The van der Waals surface area contributed by atoms with Gasteiger partial charge in [-0.3, -0.25) is 10.1 Å². The number of benzene rings is 2. The van der Waals surface area contributed by atoms with Gasteiger partial charge in [-0.1, -0.05) is 12.1 Å². The first-order valence-electron chi connectivity index (χ1n) is 5.85. The van der Waals surface area contributed by atoms with Crippen molar-refractivity contribution in [2.75, 3.05) is 7.11 Å². The smallest absolute Gasteiger partial charge is 0.339 e. The SMILES string of the molecule is COc1ccc(Oc2ccccc2C(=O)O)cc1[N+](=O)[O-]. The van der Waals surface area contributed by atoms with Crippen LogP contribution in [-0.2, 0) is 0 Å². The Balaban J connectivity index is 2.39. The standard InChI is InChI=1S/C14H11NO6/c1-20-13-7-6-9(8-11(13)15(18)19)21-12-5-3-2-4-10(12)14(16)17/h2-8H,1H3,(H,16,17).